The number of esters is 1. The Labute approximate surface area is 162 Å². The molecule has 1 saturated heterocycles. The Balaban J connectivity index is 2.04. The minimum atomic E-state index is -0.526. The number of anilines is 1. The van der Waals surface area contributed by atoms with Crippen LogP contribution in [0.1, 0.15) is 13.8 Å². The minimum Gasteiger partial charge on any atom is -0.463 e. The zero-order valence-electron chi connectivity index (χ0n) is 16.3. The Hall–Kier alpha value is -3.06. The Morgan fingerprint density at radius 1 is 1.29 bits per heavy atom. The van der Waals surface area contributed by atoms with Gasteiger partial charge in [0.05, 0.1) is 13.2 Å². The summed E-state index contributed by atoms with van der Waals surface area (Å²) >= 11 is 0. The summed E-state index contributed by atoms with van der Waals surface area (Å²) in [6, 6.07) is 0.0173. The fourth-order valence-corrected chi connectivity index (χ4v) is 3.00. The molecule has 150 valence electrons. The highest BCUT2D eigenvalue weighted by atomic mass is 16.6. The summed E-state index contributed by atoms with van der Waals surface area (Å²) in [5, 5.41) is 3.30. The Kier molecular flexibility index (Phi) is 6.16. The van der Waals surface area contributed by atoms with E-state index in [1.807, 2.05) is 0 Å². The number of aromatic nitrogens is 4. The predicted octanol–water partition coefficient (Wildman–Crippen LogP) is -0.495. The van der Waals surface area contributed by atoms with Crippen molar-refractivity contribution in [1.29, 1.82) is 0 Å². The molecule has 1 fully saturated rings. The molecule has 28 heavy (non-hydrogen) atoms. The first-order valence-electron chi connectivity index (χ1n) is 9.17. The standard InChI is InChI=1S/C18H24N6O4/c1-4-6-9-24-14-15(20-17(24)23-10-7-19-8-11-23)21-18(22(3)16(14)26)28-12-13(25)27-5-2/h19H,5,7-12H2,1-3H3. The summed E-state index contributed by atoms with van der Waals surface area (Å²) < 4.78 is 13.3. The lowest BCUT2D eigenvalue weighted by molar-refractivity contribution is -0.145. The molecule has 10 heteroatoms. The Morgan fingerprint density at radius 3 is 2.71 bits per heavy atom. The van der Waals surface area contributed by atoms with Gasteiger partial charge in [-0.3, -0.25) is 13.9 Å². The number of nitrogens with one attached hydrogen (secondary N) is 1. The maximum Gasteiger partial charge on any atom is 0.344 e. The number of nitrogens with zero attached hydrogens (tertiary/aromatic N) is 5. The molecule has 3 heterocycles. The second-order valence-corrected chi connectivity index (χ2v) is 6.19. The topological polar surface area (TPSA) is 104 Å². The summed E-state index contributed by atoms with van der Waals surface area (Å²) in [4.78, 5) is 35.6. The highest BCUT2D eigenvalue weighted by molar-refractivity contribution is 5.75. The minimum absolute atomic E-state index is 0.0173. The molecule has 0 spiro atoms. The van der Waals surface area contributed by atoms with Crippen LogP contribution in [0.15, 0.2) is 4.79 Å². The van der Waals surface area contributed by atoms with Crippen LogP contribution in [0.3, 0.4) is 0 Å². The van der Waals surface area contributed by atoms with Crippen LogP contribution >= 0.6 is 0 Å². The molecule has 0 bridgehead atoms. The van der Waals surface area contributed by atoms with E-state index in [0.717, 1.165) is 26.2 Å². The first-order valence-corrected chi connectivity index (χ1v) is 9.17. The Bertz CT molecular complexity index is 978. The van der Waals surface area contributed by atoms with Crippen molar-refractivity contribution in [3.8, 4) is 17.9 Å². The van der Waals surface area contributed by atoms with Crippen molar-refractivity contribution in [1.82, 2.24) is 24.4 Å². The average Bonchev–Trinajstić information content (AvgIpc) is 3.07. The third kappa shape index (κ3) is 3.94. The molecule has 10 nitrogen and oxygen atoms in total. The lowest BCUT2D eigenvalue weighted by Crippen LogP contribution is -2.44. The van der Waals surface area contributed by atoms with Crippen molar-refractivity contribution < 1.29 is 14.3 Å². The van der Waals surface area contributed by atoms with Gasteiger partial charge in [0.25, 0.3) is 5.56 Å². The van der Waals surface area contributed by atoms with Gasteiger partial charge in [0.1, 0.15) is 0 Å². The van der Waals surface area contributed by atoms with E-state index in [-0.39, 0.29) is 30.4 Å². The van der Waals surface area contributed by atoms with Gasteiger partial charge in [-0.15, -0.1) is 5.92 Å². The first kappa shape index (κ1) is 19.7. The fraction of sp³-hybridized carbons (Fsp3) is 0.556. The van der Waals surface area contributed by atoms with Crippen molar-refractivity contribution >= 4 is 23.1 Å². The van der Waals surface area contributed by atoms with Crippen LogP contribution in [0.25, 0.3) is 11.2 Å². The van der Waals surface area contributed by atoms with Crippen molar-refractivity contribution in [2.45, 2.75) is 20.4 Å². The molecular formula is C18H24N6O4. The van der Waals surface area contributed by atoms with Gasteiger partial charge in [-0.1, -0.05) is 5.92 Å². The highest BCUT2D eigenvalue weighted by Gasteiger charge is 2.23. The van der Waals surface area contributed by atoms with Gasteiger partial charge in [0.15, 0.2) is 17.8 Å². The largest absolute Gasteiger partial charge is 0.463 e. The van der Waals surface area contributed by atoms with Crippen LogP contribution < -0.4 is 20.5 Å². The fourth-order valence-electron chi connectivity index (χ4n) is 3.00. The normalized spacial score (nSPS) is 13.9. The highest BCUT2D eigenvalue weighted by Crippen LogP contribution is 2.21. The second kappa shape index (κ2) is 8.75. The van der Waals surface area contributed by atoms with E-state index < -0.39 is 5.97 Å². The van der Waals surface area contributed by atoms with Gasteiger partial charge in [-0.05, 0) is 13.8 Å². The van der Waals surface area contributed by atoms with E-state index in [9.17, 15) is 9.59 Å². The number of piperazine rings is 1. The lowest BCUT2D eigenvalue weighted by atomic mass is 10.4. The van der Waals surface area contributed by atoms with E-state index in [1.54, 1.807) is 25.5 Å². The van der Waals surface area contributed by atoms with E-state index in [1.165, 1.54) is 4.57 Å². The van der Waals surface area contributed by atoms with Gasteiger partial charge in [-0.25, -0.2) is 4.79 Å². The molecule has 2 aromatic heterocycles. The second-order valence-electron chi connectivity index (χ2n) is 6.19. The van der Waals surface area contributed by atoms with Gasteiger partial charge < -0.3 is 19.7 Å². The van der Waals surface area contributed by atoms with E-state index in [4.69, 9.17) is 9.47 Å². The van der Waals surface area contributed by atoms with Gasteiger partial charge >= 0.3 is 12.0 Å². The van der Waals surface area contributed by atoms with Crippen LogP contribution in [0.4, 0.5) is 5.95 Å². The average molecular weight is 388 g/mol. The number of ether oxygens (including phenoxy) is 2. The van der Waals surface area contributed by atoms with Crippen LogP contribution in [-0.2, 0) is 23.1 Å². The van der Waals surface area contributed by atoms with Crippen LogP contribution in [0, 0.1) is 11.8 Å². The molecule has 0 unspecified atom stereocenters. The number of rotatable bonds is 6. The molecule has 0 aromatic carbocycles. The van der Waals surface area contributed by atoms with Gasteiger partial charge in [0, 0.05) is 33.2 Å². The molecule has 2 aromatic rings. The summed E-state index contributed by atoms with van der Waals surface area (Å²) in [6.45, 7) is 6.95. The molecule has 3 rings (SSSR count). The van der Waals surface area contributed by atoms with Gasteiger partial charge in [0.2, 0.25) is 5.95 Å². The molecule has 1 aliphatic heterocycles. The number of carbonyl (C=O) groups excluding carboxylic acids is 1. The smallest absolute Gasteiger partial charge is 0.344 e. The van der Waals surface area contributed by atoms with E-state index in [2.05, 4.69) is 32.0 Å². The molecule has 1 aliphatic rings. The molecule has 0 radical (unpaired) electrons. The molecule has 0 saturated carbocycles. The number of fused-ring (bicyclic) bond motifs is 1. The summed E-state index contributed by atoms with van der Waals surface area (Å²) in [6.07, 6.45) is 0. The molecule has 0 aliphatic carbocycles. The zero-order chi connectivity index (χ0) is 20.1. The number of hydrogen-bond acceptors (Lipinski definition) is 8. The number of carbonyl (C=O) groups is 1. The van der Waals surface area contributed by atoms with Crippen LogP contribution in [0.5, 0.6) is 6.01 Å². The summed E-state index contributed by atoms with van der Waals surface area (Å²) in [7, 11) is 1.54. The van der Waals surface area contributed by atoms with Crippen LogP contribution in [0.2, 0.25) is 0 Å². The first-order chi connectivity index (χ1) is 13.6. The summed E-state index contributed by atoms with van der Waals surface area (Å²) in [5.74, 6) is 5.99. The quantitative estimate of drug-likeness (QED) is 0.522. The number of imidazole rings is 1. The van der Waals surface area contributed by atoms with Gasteiger partial charge in [-0.2, -0.15) is 9.97 Å². The van der Waals surface area contributed by atoms with E-state index >= 15 is 0 Å². The molecular weight excluding hydrogens is 364 g/mol. The van der Waals surface area contributed by atoms with Crippen molar-refractivity contribution in [3.63, 3.8) is 0 Å². The third-order valence-electron chi connectivity index (χ3n) is 4.36. The van der Waals surface area contributed by atoms with Crippen molar-refractivity contribution in [3.05, 3.63) is 10.4 Å². The summed E-state index contributed by atoms with van der Waals surface area (Å²) in [5.41, 5.74) is 0.325. The Morgan fingerprint density at radius 2 is 2.04 bits per heavy atom. The van der Waals surface area contributed by atoms with E-state index in [0.29, 0.717) is 18.0 Å². The maximum atomic E-state index is 13.0. The maximum absolute atomic E-state index is 13.0. The van der Waals surface area contributed by atoms with Crippen molar-refractivity contribution in [2.75, 3.05) is 44.3 Å². The third-order valence-corrected chi connectivity index (χ3v) is 4.36. The molecule has 0 atom stereocenters. The predicted molar refractivity (Wildman–Crippen MR) is 103 cm³/mol. The molecule has 1 N–H and O–H groups in total. The monoisotopic (exact) mass is 388 g/mol. The zero-order valence-corrected chi connectivity index (χ0v) is 16.3. The van der Waals surface area contributed by atoms with Crippen molar-refractivity contribution in [2.24, 2.45) is 7.05 Å². The molecule has 0 amide bonds. The SMILES string of the molecule is CC#CCn1c(N2CCNCC2)nc2nc(OCC(=O)OCC)n(C)c(=O)c21. The number of hydrogen-bond donors (Lipinski definition) is 1. The lowest BCUT2D eigenvalue weighted by Gasteiger charge is -2.28. The van der Waals surface area contributed by atoms with Crippen LogP contribution in [-0.4, -0.2) is 64.5 Å².